The molecule has 1 N–H and O–H groups in total. The van der Waals surface area contributed by atoms with Crippen molar-refractivity contribution in [1.29, 1.82) is 0 Å². The van der Waals surface area contributed by atoms with Gasteiger partial charge in [-0.05, 0) is 49.9 Å². The number of carbonyl (C=O) groups excluding carboxylic acids is 1. The first kappa shape index (κ1) is 19.8. The fourth-order valence-corrected chi connectivity index (χ4v) is 5.33. The lowest BCUT2D eigenvalue weighted by Crippen LogP contribution is -2.46. The van der Waals surface area contributed by atoms with Crippen LogP contribution in [0.25, 0.3) is 0 Å². The largest absolute Gasteiger partial charge is 0.356 e. The van der Waals surface area contributed by atoms with Crippen LogP contribution in [-0.2, 0) is 10.0 Å². The number of benzene rings is 1. The molecule has 0 unspecified atom stereocenters. The molecule has 3 heterocycles. The number of rotatable bonds is 5. The molecule has 4 rings (SSSR count). The first-order valence-electron chi connectivity index (χ1n) is 10.1. The van der Waals surface area contributed by atoms with Gasteiger partial charge in [0.2, 0.25) is 10.0 Å². The molecule has 0 bridgehead atoms. The van der Waals surface area contributed by atoms with E-state index in [9.17, 15) is 13.2 Å². The number of nitrogens with zero attached hydrogens (tertiary/aromatic N) is 3. The molecule has 1 aromatic heterocycles. The number of aromatic nitrogens is 1. The molecule has 1 aromatic carbocycles. The summed E-state index contributed by atoms with van der Waals surface area (Å²) in [6.45, 7) is 2.91. The molecule has 1 amide bonds. The van der Waals surface area contributed by atoms with Crippen molar-refractivity contribution < 1.29 is 13.2 Å². The molecule has 0 radical (unpaired) electrons. The van der Waals surface area contributed by atoms with E-state index in [-0.39, 0.29) is 16.8 Å². The molecule has 2 aliphatic heterocycles. The minimum atomic E-state index is -3.54. The second kappa shape index (κ2) is 8.51. The summed E-state index contributed by atoms with van der Waals surface area (Å²) in [6.07, 6.45) is 5.16. The second-order valence-corrected chi connectivity index (χ2v) is 9.28. The number of hydrogen-bond acceptors (Lipinski definition) is 5. The van der Waals surface area contributed by atoms with Crippen molar-refractivity contribution in [1.82, 2.24) is 14.6 Å². The van der Waals surface area contributed by atoms with Gasteiger partial charge in [-0.25, -0.2) is 18.1 Å². The summed E-state index contributed by atoms with van der Waals surface area (Å²) < 4.78 is 27.8. The van der Waals surface area contributed by atoms with Gasteiger partial charge in [-0.2, -0.15) is 0 Å². The molecule has 2 fully saturated rings. The minimum absolute atomic E-state index is 0.0237. The quantitative estimate of drug-likeness (QED) is 0.812. The van der Waals surface area contributed by atoms with Crippen LogP contribution in [-0.4, -0.2) is 56.4 Å². The van der Waals surface area contributed by atoms with E-state index >= 15 is 0 Å². The first-order chi connectivity index (χ1) is 14.0. The molecule has 29 heavy (non-hydrogen) atoms. The highest BCUT2D eigenvalue weighted by atomic mass is 32.2. The van der Waals surface area contributed by atoms with Crippen molar-refractivity contribution >= 4 is 21.7 Å². The van der Waals surface area contributed by atoms with Gasteiger partial charge in [0.25, 0.3) is 5.91 Å². The summed E-state index contributed by atoms with van der Waals surface area (Å²) >= 11 is 0. The third-order valence-corrected chi connectivity index (χ3v) is 7.12. The predicted molar refractivity (Wildman–Crippen MR) is 111 cm³/mol. The normalized spacial score (nSPS) is 18.2. The summed E-state index contributed by atoms with van der Waals surface area (Å²) in [7, 11) is -3.54. The lowest BCUT2D eigenvalue weighted by molar-refractivity contribution is 0.0711. The maximum absolute atomic E-state index is 13.1. The standard InChI is InChI=1S/C21H26N4O3S/c26-21(19-9-6-12-22-20(19)24-13-4-5-14-24)25-15-10-17(11-16-25)23-29(27,28)18-7-2-1-3-8-18/h1-3,6-9,12,17,23H,4-5,10-11,13-16H2. The van der Waals surface area contributed by atoms with Crippen molar-refractivity contribution in [2.75, 3.05) is 31.1 Å². The highest BCUT2D eigenvalue weighted by Gasteiger charge is 2.29. The van der Waals surface area contributed by atoms with E-state index in [0.717, 1.165) is 31.7 Å². The molecular weight excluding hydrogens is 388 g/mol. The van der Waals surface area contributed by atoms with Gasteiger partial charge >= 0.3 is 0 Å². The molecule has 0 aliphatic carbocycles. The Kier molecular flexibility index (Phi) is 5.82. The molecule has 0 spiro atoms. The number of anilines is 1. The van der Waals surface area contributed by atoms with Gasteiger partial charge in [0.1, 0.15) is 5.82 Å². The topological polar surface area (TPSA) is 82.6 Å². The van der Waals surface area contributed by atoms with Crippen molar-refractivity contribution in [3.63, 3.8) is 0 Å². The van der Waals surface area contributed by atoms with E-state index in [1.165, 1.54) is 0 Å². The lowest BCUT2D eigenvalue weighted by Gasteiger charge is -2.33. The van der Waals surface area contributed by atoms with Crippen LogP contribution in [0.2, 0.25) is 0 Å². The van der Waals surface area contributed by atoms with Crippen LogP contribution in [0.1, 0.15) is 36.0 Å². The summed E-state index contributed by atoms with van der Waals surface area (Å²) in [5.41, 5.74) is 0.637. The third-order valence-electron chi connectivity index (χ3n) is 5.58. The zero-order chi connectivity index (χ0) is 20.3. The van der Waals surface area contributed by atoms with Crippen LogP contribution in [0.4, 0.5) is 5.82 Å². The highest BCUT2D eigenvalue weighted by Crippen LogP contribution is 2.24. The highest BCUT2D eigenvalue weighted by molar-refractivity contribution is 7.89. The van der Waals surface area contributed by atoms with E-state index in [1.54, 1.807) is 42.6 Å². The fraction of sp³-hybridized carbons (Fsp3) is 0.429. The van der Waals surface area contributed by atoms with E-state index < -0.39 is 10.0 Å². The van der Waals surface area contributed by atoms with Gasteiger partial charge < -0.3 is 9.80 Å². The Morgan fingerprint density at radius 3 is 2.34 bits per heavy atom. The number of piperidine rings is 1. The van der Waals surface area contributed by atoms with Gasteiger partial charge in [-0.15, -0.1) is 0 Å². The van der Waals surface area contributed by atoms with Gasteiger partial charge in [-0.3, -0.25) is 4.79 Å². The van der Waals surface area contributed by atoms with E-state index in [2.05, 4.69) is 14.6 Å². The maximum Gasteiger partial charge on any atom is 0.257 e. The summed E-state index contributed by atoms with van der Waals surface area (Å²) in [5.74, 6) is 0.742. The Balaban J connectivity index is 1.40. The van der Waals surface area contributed by atoms with Crippen molar-refractivity contribution in [2.24, 2.45) is 0 Å². The number of nitrogens with one attached hydrogen (secondary N) is 1. The molecule has 154 valence electrons. The van der Waals surface area contributed by atoms with E-state index in [1.807, 2.05) is 11.0 Å². The first-order valence-corrected chi connectivity index (χ1v) is 11.6. The van der Waals surface area contributed by atoms with Crippen LogP contribution in [0.5, 0.6) is 0 Å². The van der Waals surface area contributed by atoms with Crippen LogP contribution in [0, 0.1) is 0 Å². The number of hydrogen-bond donors (Lipinski definition) is 1. The average molecular weight is 415 g/mol. The monoisotopic (exact) mass is 414 g/mol. The molecule has 0 saturated carbocycles. The number of sulfonamides is 1. The Morgan fingerprint density at radius 2 is 1.66 bits per heavy atom. The molecule has 2 aromatic rings. The molecule has 2 saturated heterocycles. The van der Waals surface area contributed by atoms with Crippen molar-refractivity contribution in [3.05, 3.63) is 54.2 Å². The summed E-state index contributed by atoms with van der Waals surface area (Å²) in [6, 6.07) is 11.9. The number of amides is 1. The Labute approximate surface area is 171 Å². The molecule has 0 atom stereocenters. The van der Waals surface area contributed by atoms with E-state index in [4.69, 9.17) is 0 Å². The third kappa shape index (κ3) is 4.43. The average Bonchev–Trinajstić information content (AvgIpc) is 3.29. The summed E-state index contributed by atoms with van der Waals surface area (Å²) in [5, 5.41) is 0. The number of likely N-dealkylation sites (tertiary alicyclic amines) is 1. The zero-order valence-electron chi connectivity index (χ0n) is 16.3. The van der Waals surface area contributed by atoms with Crippen LogP contribution >= 0.6 is 0 Å². The molecular formula is C21H26N4O3S. The Bertz CT molecular complexity index is 951. The molecule has 7 nitrogen and oxygen atoms in total. The number of pyridine rings is 1. The lowest BCUT2D eigenvalue weighted by atomic mass is 10.0. The minimum Gasteiger partial charge on any atom is -0.356 e. The van der Waals surface area contributed by atoms with E-state index in [0.29, 0.717) is 31.5 Å². The van der Waals surface area contributed by atoms with Crippen LogP contribution in [0.15, 0.2) is 53.6 Å². The van der Waals surface area contributed by atoms with Gasteiger partial charge in [-0.1, -0.05) is 18.2 Å². The fourth-order valence-electron chi connectivity index (χ4n) is 4.00. The predicted octanol–water partition coefficient (Wildman–Crippen LogP) is 2.26. The number of carbonyl (C=O) groups is 1. The van der Waals surface area contributed by atoms with Gasteiger partial charge in [0.15, 0.2) is 0 Å². The maximum atomic E-state index is 13.1. The Morgan fingerprint density at radius 1 is 0.966 bits per heavy atom. The molecule has 2 aliphatic rings. The smallest absolute Gasteiger partial charge is 0.257 e. The zero-order valence-corrected chi connectivity index (χ0v) is 17.1. The molecule has 8 heteroatoms. The summed E-state index contributed by atoms with van der Waals surface area (Å²) in [4.78, 5) is 21.8. The van der Waals surface area contributed by atoms with Crippen LogP contribution in [0.3, 0.4) is 0 Å². The SMILES string of the molecule is O=C(c1cccnc1N1CCCC1)N1CCC(NS(=O)(=O)c2ccccc2)CC1. The van der Waals surface area contributed by atoms with Crippen molar-refractivity contribution in [2.45, 2.75) is 36.6 Å². The van der Waals surface area contributed by atoms with Gasteiger partial charge in [0, 0.05) is 38.4 Å². The second-order valence-electron chi connectivity index (χ2n) is 7.57. The van der Waals surface area contributed by atoms with Gasteiger partial charge in [0.05, 0.1) is 10.5 Å². The Hall–Kier alpha value is -2.45. The van der Waals surface area contributed by atoms with Crippen molar-refractivity contribution in [3.8, 4) is 0 Å². The van der Waals surface area contributed by atoms with Crippen LogP contribution < -0.4 is 9.62 Å².